The third-order valence-electron chi connectivity index (χ3n) is 3.49. The molecule has 2 amide bonds. The number of carboxylic acid groups (broad SMARTS) is 1. The predicted molar refractivity (Wildman–Crippen MR) is 80.1 cm³/mol. The molecule has 3 N–H and O–H groups in total. The molecule has 1 aromatic carbocycles. The fourth-order valence-electron chi connectivity index (χ4n) is 2.37. The molecule has 0 atom stereocenters. The Hall–Kier alpha value is -1.56. The molecule has 0 saturated heterocycles. The number of hydrogen-bond acceptors (Lipinski definition) is 2. The number of anilines is 1. The van der Waals surface area contributed by atoms with Crippen LogP contribution in [0, 0.1) is 5.92 Å². The van der Waals surface area contributed by atoms with E-state index in [1.165, 1.54) is 37.8 Å². The summed E-state index contributed by atoms with van der Waals surface area (Å²) in [6.07, 6.45) is 4.80. The lowest BCUT2D eigenvalue weighted by molar-refractivity contribution is 0.0697. The molecule has 0 heterocycles. The first-order chi connectivity index (χ1) is 9.56. The van der Waals surface area contributed by atoms with Crippen LogP contribution in [0.1, 0.15) is 36.0 Å². The molecule has 0 unspecified atom stereocenters. The molecule has 1 aromatic rings. The van der Waals surface area contributed by atoms with E-state index in [0.717, 1.165) is 0 Å². The average molecular weight is 341 g/mol. The molecule has 0 radical (unpaired) electrons. The Bertz CT molecular complexity index is 513. The Labute approximate surface area is 125 Å². The molecule has 6 heteroatoms. The van der Waals surface area contributed by atoms with Crippen LogP contribution in [0.15, 0.2) is 22.7 Å². The maximum absolute atomic E-state index is 11.8. The number of halogens is 1. The van der Waals surface area contributed by atoms with Crippen LogP contribution in [-0.2, 0) is 0 Å². The fraction of sp³-hybridized carbons (Fsp3) is 0.429. The van der Waals surface area contributed by atoms with Crippen molar-refractivity contribution < 1.29 is 14.7 Å². The quantitative estimate of drug-likeness (QED) is 0.785. The number of carbonyl (C=O) groups is 2. The second-order valence-corrected chi connectivity index (χ2v) is 5.84. The lowest BCUT2D eigenvalue weighted by Gasteiger charge is -2.12. The number of nitrogens with one attached hydrogen (secondary N) is 2. The predicted octanol–water partition coefficient (Wildman–Crippen LogP) is 3.46. The van der Waals surface area contributed by atoms with Crippen LogP contribution in [0.2, 0.25) is 0 Å². The summed E-state index contributed by atoms with van der Waals surface area (Å²) < 4.78 is 0.651. The van der Waals surface area contributed by atoms with Crippen molar-refractivity contribution in [1.82, 2.24) is 5.32 Å². The zero-order chi connectivity index (χ0) is 14.5. The van der Waals surface area contributed by atoms with E-state index in [0.29, 0.717) is 22.6 Å². The van der Waals surface area contributed by atoms with Crippen molar-refractivity contribution in [3.63, 3.8) is 0 Å². The molecule has 20 heavy (non-hydrogen) atoms. The molecule has 0 bridgehead atoms. The first-order valence-electron chi connectivity index (χ1n) is 6.64. The van der Waals surface area contributed by atoms with E-state index in [2.05, 4.69) is 26.6 Å². The van der Waals surface area contributed by atoms with Crippen LogP contribution in [-0.4, -0.2) is 23.7 Å². The van der Waals surface area contributed by atoms with E-state index in [1.54, 1.807) is 6.07 Å². The summed E-state index contributed by atoms with van der Waals surface area (Å²) in [6, 6.07) is 4.21. The number of aromatic carboxylic acids is 1. The molecular formula is C14H17BrN2O3. The van der Waals surface area contributed by atoms with Crippen molar-refractivity contribution in [3.05, 3.63) is 28.2 Å². The van der Waals surface area contributed by atoms with Gasteiger partial charge in [0.1, 0.15) is 0 Å². The highest BCUT2D eigenvalue weighted by atomic mass is 79.9. The Morgan fingerprint density at radius 2 is 2.00 bits per heavy atom. The van der Waals surface area contributed by atoms with Gasteiger partial charge in [0.2, 0.25) is 0 Å². The van der Waals surface area contributed by atoms with Gasteiger partial charge >= 0.3 is 12.0 Å². The molecule has 1 aliphatic carbocycles. The van der Waals surface area contributed by atoms with Crippen LogP contribution in [0.5, 0.6) is 0 Å². The van der Waals surface area contributed by atoms with Crippen molar-refractivity contribution in [2.45, 2.75) is 25.7 Å². The van der Waals surface area contributed by atoms with Gasteiger partial charge in [0.15, 0.2) is 0 Å². The van der Waals surface area contributed by atoms with Crippen LogP contribution in [0.25, 0.3) is 0 Å². The van der Waals surface area contributed by atoms with Crippen molar-refractivity contribution in [3.8, 4) is 0 Å². The minimum absolute atomic E-state index is 0.138. The van der Waals surface area contributed by atoms with Crippen molar-refractivity contribution in [2.24, 2.45) is 5.92 Å². The van der Waals surface area contributed by atoms with E-state index in [-0.39, 0.29) is 11.6 Å². The molecule has 1 fully saturated rings. The van der Waals surface area contributed by atoms with Gasteiger partial charge in [-0.15, -0.1) is 0 Å². The van der Waals surface area contributed by atoms with Gasteiger partial charge in [-0.05, 0) is 52.9 Å². The maximum atomic E-state index is 11.8. The second kappa shape index (κ2) is 6.74. The maximum Gasteiger partial charge on any atom is 0.335 e. The topological polar surface area (TPSA) is 78.4 Å². The van der Waals surface area contributed by atoms with E-state index in [4.69, 9.17) is 5.11 Å². The summed E-state index contributed by atoms with van der Waals surface area (Å²) in [4.78, 5) is 22.7. The number of hydrogen-bond donors (Lipinski definition) is 3. The van der Waals surface area contributed by atoms with Gasteiger partial charge in [-0.3, -0.25) is 0 Å². The standard InChI is InChI=1S/C14H17BrN2O3/c15-11-6-5-10(13(18)19)7-12(11)17-14(20)16-8-9-3-1-2-4-9/h5-7,9H,1-4,8H2,(H,18,19)(H2,16,17,20). The van der Waals surface area contributed by atoms with Crippen LogP contribution >= 0.6 is 15.9 Å². The van der Waals surface area contributed by atoms with Gasteiger partial charge in [-0.1, -0.05) is 12.8 Å². The molecule has 0 aromatic heterocycles. The highest BCUT2D eigenvalue weighted by molar-refractivity contribution is 9.10. The molecule has 5 nitrogen and oxygen atoms in total. The second-order valence-electron chi connectivity index (χ2n) is 4.99. The van der Waals surface area contributed by atoms with E-state index in [1.807, 2.05) is 0 Å². The Balaban J connectivity index is 1.92. The summed E-state index contributed by atoms with van der Waals surface area (Å²) in [7, 11) is 0. The lowest BCUT2D eigenvalue weighted by atomic mass is 10.1. The smallest absolute Gasteiger partial charge is 0.335 e. The first kappa shape index (κ1) is 14.8. The summed E-state index contributed by atoms with van der Waals surface area (Å²) in [6.45, 7) is 0.669. The van der Waals surface area contributed by atoms with Crippen molar-refractivity contribution >= 4 is 33.6 Å². The van der Waals surface area contributed by atoms with Gasteiger partial charge in [0.05, 0.1) is 11.3 Å². The molecule has 0 spiro atoms. The third kappa shape index (κ3) is 3.96. The summed E-state index contributed by atoms with van der Waals surface area (Å²) in [5.41, 5.74) is 0.591. The largest absolute Gasteiger partial charge is 0.478 e. The van der Waals surface area contributed by atoms with Crippen molar-refractivity contribution in [2.75, 3.05) is 11.9 Å². The Morgan fingerprint density at radius 3 is 2.65 bits per heavy atom. The van der Waals surface area contributed by atoms with Gasteiger partial charge in [-0.25, -0.2) is 9.59 Å². The number of carboxylic acids is 1. The van der Waals surface area contributed by atoms with Crippen LogP contribution in [0.4, 0.5) is 10.5 Å². The van der Waals surface area contributed by atoms with Crippen molar-refractivity contribution in [1.29, 1.82) is 0 Å². The lowest BCUT2D eigenvalue weighted by Crippen LogP contribution is -2.32. The molecule has 0 aliphatic heterocycles. The summed E-state index contributed by atoms with van der Waals surface area (Å²) >= 11 is 3.29. The molecule has 2 rings (SSSR count). The van der Waals surface area contributed by atoms with Gasteiger partial charge in [0, 0.05) is 11.0 Å². The Kier molecular flexibility index (Phi) is 5.00. The molecule has 108 valence electrons. The zero-order valence-electron chi connectivity index (χ0n) is 11.0. The van der Waals surface area contributed by atoms with Crippen LogP contribution in [0.3, 0.4) is 0 Å². The van der Waals surface area contributed by atoms with Gasteiger partial charge in [0.25, 0.3) is 0 Å². The number of urea groups is 1. The van der Waals surface area contributed by atoms with Crippen LogP contribution < -0.4 is 10.6 Å². The number of carbonyl (C=O) groups excluding carboxylic acids is 1. The zero-order valence-corrected chi connectivity index (χ0v) is 12.6. The average Bonchev–Trinajstić information content (AvgIpc) is 2.92. The normalized spacial score (nSPS) is 15.1. The van der Waals surface area contributed by atoms with Gasteiger partial charge in [-0.2, -0.15) is 0 Å². The molecule has 1 aliphatic rings. The third-order valence-corrected chi connectivity index (χ3v) is 4.18. The highest BCUT2D eigenvalue weighted by Gasteiger charge is 2.16. The monoisotopic (exact) mass is 340 g/mol. The minimum Gasteiger partial charge on any atom is -0.478 e. The first-order valence-corrected chi connectivity index (χ1v) is 7.43. The van der Waals surface area contributed by atoms with E-state index >= 15 is 0 Å². The minimum atomic E-state index is -1.02. The number of amides is 2. The van der Waals surface area contributed by atoms with E-state index in [9.17, 15) is 9.59 Å². The molecule has 1 saturated carbocycles. The Morgan fingerprint density at radius 1 is 1.30 bits per heavy atom. The number of benzene rings is 1. The fourth-order valence-corrected chi connectivity index (χ4v) is 2.72. The molecular weight excluding hydrogens is 324 g/mol. The summed E-state index contributed by atoms with van der Waals surface area (Å²) in [5.74, 6) is -0.457. The SMILES string of the molecule is O=C(NCC1CCCC1)Nc1cc(C(=O)O)ccc1Br. The highest BCUT2D eigenvalue weighted by Crippen LogP contribution is 2.25. The van der Waals surface area contributed by atoms with E-state index < -0.39 is 5.97 Å². The van der Waals surface area contributed by atoms with Gasteiger partial charge < -0.3 is 15.7 Å². The number of rotatable bonds is 4. The summed E-state index contributed by atoms with van der Waals surface area (Å²) in [5, 5.41) is 14.4.